The summed E-state index contributed by atoms with van der Waals surface area (Å²) in [6, 6.07) is -5.27. The molecule has 19 atom stereocenters. The lowest BCUT2D eigenvalue weighted by atomic mass is 10.0. The van der Waals surface area contributed by atoms with Crippen molar-refractivity contribution in [2.75, 3.05) is 26.2 Å². The minimum Gasteiger partial charge on any atom is -0.508 e. The van der Waals surface area contributed by atoms with E-state index in [1.54, 1.807) is 19.9 Å². The van der Waals surface area contributed by atoms with Gasteiger partial charge in [0.25, 0.3) is 0 Å². The van der Waals surface area contributed by atoms with Gasteiger partial charge >= 0.3 is 0 Å². The first-order valence-corrected chi connectivity index (χ1v) is 48.1. The standard InChI is InChI=1S/C100H130ClN21O28/c1-48(2)15-11-10-12-18-74(133)109-70(45-73(104)132)90(140)113-71-46-105-93(143)84(60-29-40-72(131)66(101)44-60)117-86(136)51(6)107-89(139)69(43-49(3)4)110-75(134)47-106-92(142)79(55-19-30-61(126)31-20-55)120-96(146)78(54(9)125)116-98(148)81(57-23-34-63(128)35-24-57)118-88(138)67(16-13-41-102)111-85(135)50(5)108-94(144)76(52(7)123)115-99(149)82(58-25-36-64(129)37-26-58)122-100(150)83(59-27-38-65(130)39-28-59)121-95(145)77(53(8)124)114-87(137)68(17-14-42-103)112-97(147)80(119-91(71)141)56-21-32-62(127)33-22-56/h10-12,18-40,44,48-54,67-71,76-84,123-131H,13-17,41-43,45-47,102-103H2,1-9H3,(H2,104,132)(H,105,143)(H,106,142)(H,107,139)(H,108,144)(H,109,133)(H,110,134)(H,111,135)(H,112,147)(H,113,140)(H,114,137)(H,115,149)(H,116,148)(H,117,136)(H,118,138)(H,119,141)(H,120,146)(H,121,145)(H,122,150)/b11-10+,18-12+/t50-,51-,52+,53-,54-,67-,68-,69+,70+,71+,76+,77-,78-,79+,80-,81+,82-,83+,84+/m1/s1. The predicted molar refractivity (Wildman–Crippen MR) is 538 cm³/mol. The Labute approximate surface area is 866 Å². The molecule has 0 spiro atoms. The highest BCUT2D eigenvalue weighted by molar-refractivity contribution is 6.32. The van der Waals surface area contributed by atoms with Gasteiger partial charge in [0.15, 0.2) is 0 Å². The van der Waals surface area contributed by atoms with E-state index in [1.165, 1.54) is 36.4 Å². The Morgan fingerprint density at radius 1 is 0.387 bits per heavy atom. The molecule has 7 rings (SSSR count). The monoisotopic (exact) mass is 2110 g/mol. The molecule has 1 aliphatic heterocycles. The van der Waals surface area contributed by atoms with Gasteiger partial charge in [-0.05, 0) is 204 Å². The van der Waals surface area contributed by atoms with Crippen molar-refractivity contribution in [1.29, 1.82) is 0 Å². The minimum absolute atomic E-state index is 0.0143. The Morgan fingerprint density at radius 3 is 1.13 bits per heavy atom. The van der Waals surface area contributed by atoms with Crippen molar-refractivity contribution >= 4 is 124 Å². The van der Waals surface area contributed by atoms with Crippen LogP contribution in [0.4, 0.5) is 0 Å². The summed E-state index contributed by atoms with van der Waals surface area (Å²) in [6.07, 6.45) is -1.55. The van der Waals surface area contributed by atoms with Gasteiger partial charge in [-0.1, -0.05) is 124 Å². The van der Waals surface area contributed by atoms with E-state index in [1.807, 2.05) is 13.8 Å². The molecular weight excluding hydrogens is 1980 g/mol. The third-order valence-corrected chi connectivity index (χ3v) is 23.4. The van der Waals surface area contributed by atoms with Gasteiger partial charge in [0.2, 0.25) is 112 Å². The summed E-state index contributed by atoms with van der Waals surface area (Å²) in [5.41, 5.74) is 16.5. The van der Waals surface area contributed by atoms with Crippen molar-refractivity contribution in [1.82, 2.24) is 95.7 Å². The zero-order valence-corrected chi connectivity index (χ0v) is 84.1. The second-order valence-electron chi connectivity index (χ2n) is 36.4. The van der Waals surface area contributed by atoms with Gasteiger partial charge in [0.1, 0.15) is 131 Å². The zero-order chi connectivity index (χ0) is 111. The maximum Gasteiger partial charge on any atom is 0.248 e. The first-order valence-electron chi connectivity index (χ1n) is 47.8. The number of primary amides is 1. The fourth-order valence-electron chi connectivity index (χ4n) is 14.9. The van der Waals surface area contributed by atoms with Crippen LogP contribution >= 0.6 is 11.6 Å². The lowest BCUT2D eigenvalue weighted by molar-refractivity contribution is -0.138. The topological polar surface area (TPSA) is 801 Å². The Kier molecular flexibility index (Phi) is 46.8. The van der Waals surface area contributed by atoms with E-state index in [2.05, 4.69) is 95.7 Å². The van der Waals surface area contributed by atoms with E-state index in [-0.39, 0.29) is 101 Å². The number of rotatable bonds is 26. The SMILES string of the molecule is CC(C)C/C=C/C=C/C(=O)N[C@@H](CC(N)=O)C(=O)N[C@H]1CNC(=O)[C@H](c2ccc(O)c(Cl)c2)NC(=O)[C@@H](C)NC(=O)[C@H](CC(C)C)NC(=O)CNC(=O)[C@H](c2ccc(O)cc2)NC(=O)[C@@H]([C@@H](C)O)NC(=O)[C@H](c2ccc(O)cc2)NC(=O)[C@@H](CCCN)NC(=O)[C@@H](C)NC(=O)[C@H]([C@H](C)O)NC(=O)[C@@H](c2ccc(O)cc2)NC(=O)[C@H](c2ccc(O)cc2)NC(=O)[C@@H]([C@@H](C)O)NC(=O)[C@@H](CCCN)NC(=O)[C@@H](c2ccc(O)cc2)NC1=O. The summed E-state index contributed by atoms with van der Waals surface area (Å²) in [6.45, 7) is 10.1. The number of phenols is 6. The number of carbonyl (C=O) groups excluding carboxylic acids is 19. The minimum atomic E-state index is -2.21. The van der Waals surface area contributed by atoms with Crippen molar-refractivity contribution in [2.24, 2.45) is 29.0 Å². The Bertz CT molecular complexity index is 5820. The highest BCUT2D eigenvalue weighted by Gasteiger charge is 2.43. The fraction of sp³-hybridized carbons (Fsp3) is 0.410. The van der Waals surface area contributed by atoms with Crippen molar-refractivity contribution in [3.05, 3.63) is 202 Å². The van der Waals surface area contributed by atoms with Crippen molar-refractivity contribution in [3.8, 4) is 34.5 Å². The molecule has 49 nitrogen and oxygen atoms in total. The molecule has 50 heteroatoms. The molecule has 0 bridgehead atoms. The number of amides is 19. The van der Waals surface area contributed by atoms with E-state index in [4.69, 9.17) is 28.8 Å². The van der Waals surface area contributed by atoms with E-state index in [0.717, 1.165) is 156 Å². The van der Waals surface area contributed by atoms with Crippen LogP contribution in [0.2, 0.25) is 5.02 Å². The van der Waals surface area contributed by atoms with Crippen LogP contribution in [0.25, 0.3) is 0 Å². The van der Waals surface area contributed by atoms with Gasteiger partial charge in [-0.15, -0.1) is 0 Å². The Balaban J connectivity index is 1.35. The van der Waals surface area contributed by atoms with Crippen LogP contribution in [0.1, 0.15) is 177 Å². The average molecular weight is 2110 g/mol. The molecule has 19 amide bonds. The van der Waals surface area contributed by atoms with Gasteiger partial charge in [0, 0.05) is 12.6 Å². The number of carbonyl (C=O) groups is 19. The third-order valence-electron chi connectivity index (χ3n) is 23.1. The third kappa shape index (κ3) is 37.5. The summed E-state index contributed by atoms with van der Waals surface area (Å²) in [5.74, 6) is -26.1. The number of aromatic hydroxyl groups is 6. The van der Waals surface area contributed by atoms with Crippen LogP contribution < -0.4 is 113 Å². The summed E-state index contributed by atoms with van der Waals surface area (Å²) in [4.78, 5) is 278. The summed E-state index contributed by atoms with van der Waals surface area (Å²) in [5, 5.41) is 140. The van der Waals surface area contributed by atoms with E-state index in [0.29, 0.717) is 6.42 Å². The molecule has 0 aliphatic carbocycles. The normalized spacial score (nSPS) is 23.5. The molecule has 0 aromatic heterocycles. The molecule has 1 fully saturated rings. The van der Waals surface area contributed by atoms with Gasteiger partial charge in [0.05, 0.1) is 36.3 Å². The second kappa shape index (κ2) is 58.2. The van der Waals surface area contributed by atoms with Crippen LogP contribution in [0.15, 0.2) is 164 Å². The van der Waals surface area contributed by atoms with Crippen molar-refractivity contribution in [3.63, 3.8) is 0 Å². The number of nitrogens with one attached hydrogen (secondary N) is 18. The summed E-state index contributed by atoms with van der Waals surface area (Å²) >= 11 is 6.41. The number of nitrogens with two attached hydrogens (primary N) is 3. The molecule has 0 unspecified atom stereocenters. The van der Waals surface area contributed by atoms with Gasteiger partial charge in [-0.3, -0.25) is 91.1 Å². The van der Waals surface area contributed by atoms with Gasteiger partial charge in [-0.2, -0.15) is 0 Å². The largest absolute Gasteiger partial charge is 0.508 e. The lowest BCUT2D eigenvalue weighted by Gasteiger charge is -2.29. The van der Waals surface area contributed by atoms with Crippen LogP contribution in [0, 0.1) is 11.8 Å². The van der Waals surface area contributed by atoms with Gasteiger partial charge < -0.3 is 159 Å². The molecule has 1 heterocycles. The highest BCUT2D eigenvalue weighted by Crippen LogP contribution is 2.30. The molecular formula is C100H130ClN21O28. The number of allylic oxidation sites excluding steroid dienone is 3. The molecule has 150 heavy (non-hydrogen) atoms. The van der Waals surface area contributed by atoms with Gasteiger partial charge in [-0.25, -0.2) is 0 Å². The van der Waals surface area contributed by atoms with Crippen LogP contribution in [-0.2, 0) is 91.1 Å². The van der Waals surface area contributed by atoms with E-state index < -0.39 is 276 Å². The van der Waals surface area contributed by atoms with Crippen LogP contribution in [0.3, 0.4) is 0 Å². The Hall–Kier alpha value is -16.4. The molecule has 810 valence electrons. The maximum absolute atomic E-state index is 15.4. The fourth-order valence-corrected chi connectivity index (χ4v) is 15.1. The van der Waals surface area contributed by atoms with Crippen LogP contribution in [-0.4, -0.2) is 263 Å². The summed E-state index contributed by atoms with van der Waals surface area (Å²) in [7, 11) is 0. The smallest absolute Gasteiger partial charge is 0.248 e. The average Bonchev–Trinajstić information content (AvgIpc) is 0.808. The molecule has 6 aromatic carbocycles. The van der Waals surface area contributed by atoms with Crippen LogP contribution in [0.5, 0.6) is 34.5 Å². The number of halogens is 1. The number of aliphatic hydroxyl groups is 3. The quantitative estimate of drug-likeness (QED) is 0.0188. The maximum atomic E-state index is 15.4. The number of hydrogen-bond acceptors (Lipinski definition) is 30. The predicted octanol–water partition coefficient (Wildman–Crippen LogP) is -3.15. The molecule has 1 saturated heterocycles. The summed E-state index contributed by atoms with van der Waals surface area (Å²) < 4.78 is 0. The molecule has 33 N–H and O–H groups in total. The highest BCUT2D eigenvalue weighted by atomic mass is 35.5. The lowest BCUT2D eigenvalue weighted by Crippen LogP contribution is -2.60. The number of aliphatic hydroxyl groups excluding tert-OH is 3. The van der Waals surface area contributed by atoms with E-state index in [9.17, 15) is 113 Å². The zero-order valence-electron chi connectivity index (χ0n) is 83.4. The molecule has 1 aliphatic rings. The number of benzene rings is 6. The molecule has 0 saturated carbocycles. The number of hydrogen-bond donors (Lipinski definition) is 30. The number of phenolic OH excluding ortho intramolecular Hbond substituents is 6. The molecule has 0 radical (unpaired) electrons. The van der Waals surface area contributed by atoms with Crippen molar-refractivity contribution in [2.45, 2.75) is 222 Å². The van der Waals surface area contributed by atoms with Crippen molar-refractivity contribution < 1.29 is 137 Å². The first-order chi connectivity index (χ1) is 70.9. The first kappa shape index (κ1) is 121. The Morgan fingerprint density at radius 2 is 0.720 bits per heavy atom. The second-order valence-corrected chi connectivity index (χ2v) is 36.8. The molecule has 6 aromatic rings. The van der Waals surface area contributed by atoms with E-state index >= 15 is 24.0 Å².